The van der Waals surface area contributed by atoms with E-state index in [-0.39, 0.29) is 5.75 Å². The van der Waals surface area contributed by atoms with Gasteiger partial charge in [0, 0.05) is 10.7 Å². The van der Waals surface area contributed by atoms with Gasteiger partial charge in [0.2, 0.25) is 0 Å². The van der Waals surface area contributed by atoms with Gasteiger partial charge in [-0.1, -0.05) is 39.3 Å². The van der Waals surface area contributed by atoms with Gasteiger partial charge in [0.15, 0.2) is 5.16 Å². The van der Waals surface area contributed by atoms with Crippen LogP contribution >= 0.6 is 39.3 Å². The van der Waals surface area contributed by atoms with Crippen LogP contribution in [0.3, 0.4) is 0 Å². The fourth-order valence-corrected chi connectivity index (χ4v) is 3.07. The summed E-state index contributed by atoms with van der Waals surface area (Å²) in [5.41, 5.74) is 1.59. The maximum absolute atomic E-state index is 10.6. The lowest BCUT2D eigenvalue weighted by Gasteiger charge is -2.08. The van der Waals surface area contributed by atoms with Crippen molar-refractivity contribution in [3.05, 3.63) is 39.6 Å². The van der Waals surface area contributed by atoms with Gasteiger partial charge < -0.3 is 5.11 Å². The summed E-state index contributed by atoms with van der Waals surface area (Å²) >= 11 is 10.7. The number of hydrogen-bond donors (Lipinski definition) is 1. The zero-order valence-electron chi connectivity index (χ0n) is 9.93. The number of aryl methyl sites for hydroxylation is 1. The minimum Gasteiger partial charge on any atom is -0.481 e. The van der Waals surface area contributed by atoms with Gasteiger partial charge in [-0.3, -0.25) is 9.36 Å². The number of carbonyl (C=O) groups is 1. The first kappa shape index (κ1) is 14.4. The topological polar surface area (TPSA) is 55.1 Å². The highest BCUT2D eigenvalue weighted by Crippen LogP contribution is 2.29. The molecule has 0 unspecified atom stereocenters. The molecule has 0 aliphatic carbocycles. The molecule has 1 aromatic carbocycles. The number of benzene rings is 1. The third-order valence-electron chi connectivity index (χ3n) is 2.29. The van der Waals surface area contributed by atoms with Crippen LogP contribution in [0.2, 0.25) is 5.02 Å². The average Bonchev–Trinajstić information content (AvgIpc) is 2.67. The van der Waals surface area contributed by atoms with E-state index in [1.807, 2.05) is 25.3 Å². The number of carboxylic acid groups (broad SMARTS) is 1. The molecule has 0 aliphatic rings. The number of halogens is 2. The maximum Gasteiger partial charge on any atom is 0.313 e. The van der Waals surface area contributed by atoms with Crippen LogP contribution in [0.15, 0.2) is 34.0 Å². The SMILES string of the molecule is Cc1cn(-c2ccc(Br)cc2Cl)c(SCC(=O)O)n1. The Morgan fingerprint density at radius 3 is 2.95 bits per heavy atom. The van der Waals surface area contributed by atoms with Crippen molar-refractivity contribution in [2.45, 2.75) is 12.1 Å². The molecule has 7 heteroatoms. The Morgan fingerprint density at radius 1 is 1.58 bits per heavy atom. The van der Waals surface area contributed by atoms with E-state index in [9.17, 15) is 4.79 Å². The number of aliphatic carboxylic acids is 1. The molecule has 0 saturated heterocycles. The summed E-state index contributed by atoms with van der Waals surface area (Å²) in [5, 5.41) is 9.93. The lowest BCUT2D eigenvalue weighted by atomic mass is 10.3. The minimum atomic E-state index is -0.876. The predicted molar refractivity (Wildman–Crippen MR) is 79.4 cm³/mol. The standard InChI is InChI=1S/C12H10BrClN2O2S/c1-7-5-16(12(15-7)19-6-11(17)18)10-3-2-8(13)4-9(10)14/h2-5H,6H2,1H3,(H,17,18). The van der Waals surface area contributed by atoms with Gasteiger partial charge in [-0.2, -0.15) is 0 Å². The van der Waals surface area contributed by atoms with Crippen LogP contribution in [0.25, 0.3) is 5.69 Å². The summed E-state index contributed by atoms with van der Waals surface area (Å²) in [7, 11) is 0. The number of thioether (sulfide) groups is 1. The van der Waals surface area contributed by atoms with Gasteiger partial charge >= 0.3 is 5.97 Å². The normalized spacial score (nSPS) is 10.7. The van der Waals surface area contributed by atoms with Gasteiger partial charge in [0.25, 0.3) is 0 Å². The molecule has 4 nitrogen and oxygen atoms in total. The predicted octanol–water partition coefficient (Wildman–Crippen LogP) is 3.77. The Morgan fingerprint density at radius 2 is 2.32 bits per heavy atom. The van der Waals surface area contributed by atoms with Crippen LogP contribution in [0.1, 0.15) is 5.69 Å². The molecule has 1 aromatic heterocycles. The van der Waals surface area contributed by atoms with Crippen LogP contribution in [-0.4, -0.2) is 26.4 Å². The van der Waals surface area contributed by atoms with Crippen molar-refractivity contribution in [3.8, 4) is 5.69 Å². The quantitative estimate of drug-likeness (QED) is 0.842. The van der Waals surface area contributed by atoms with E-state index in [4.69, 9.17) is 16.7 Å². The monoisotopic (exact) mass is 360 g/mol. The van der Waals surface area contributed by atoms with Crippen LogP contribution < -0.4 is 0 Å². The highest BCUT2D eigenvalue weighted by atomic mass is 79.9. The lowest BCUT2D eigenvalue weighted by molar-refractivity contribution is -0.133. The van der Waals surface area contributed by atoms with Gasteiger partial charge in [-0.25, -0.2) is 4.98 Å². The van der Waals surface area contributed by atoms with E-state index in [1.165, 1.54) is 11.8 Å². The summed E-state index contributed by atoms with van der Waals surface area (Å²) in [5.74, 6) is -0.913. The fraction of sp³-hybridized carbons (Fsp3) is 0.167. The third kappa shape index (κ3) is 3.52. The Bertz CT molecular complexity index is 630. The van der Waals surface area contributed by atoms with E-state index in [2.05, 4.69) is 20.9 Å². The van der Waals surface area contributed by atoms with Gasteiger partial charge in [-0.05, 0) is 25.1 Å². The second-order valence-corrected chi connectivity index (χ2v) is 6.08. The largest absolute Gasteiger partial charge is 0.481 e. The first-order valence-corrected chi connectivity index (χ1v) is 7.49. The second-order valence-electron chi connectivity index (χ2n) is 3.81. The summed E-state index contributed by atoms with van der Waals surface area (Å²) in [6, 6.07) is 5.53. The molecule has 1 heterocycles. The van der Waals surface area contributed by atoms with Gasteiger partial charge in [0.1, 0.15) is 0 Å². The van der Waals surface area contributed by atoms with E-state index >= 15 is 0 Å². The van der Waals surface area contributed by atoms with Crippen molar-refractivity contribution in [1.29, 1.82) is 0 Å². The van der Waals surface area contributed by atoms with Crippen LogP contribution in [-0.2, 0) is 4.79 Å². The van der Waals surface area contributed by atoms with Crippen LogP contribution in [0.4, 0.5) is 0 Å². The first-order chi connectivity index (χ1) is 8.97. The molecule has 0 atom stereocenters. The van der Waals surface area contributed by atoms with Crippen molar-refractivity contribution in [2.24, 2.45) is 0 Å². The minimum absolute atomic E-state index is 0.0371. The number of imidazole rings is 1. The summed E-state index contributed by atoms with van der Waals surface area (Å²) in [6.45, 7) is 1.86. The zero-order chi connectivity index (χ0) is 14.0. The van der Waals surface area contributed by atoms with Gasteiger partial charge in [-0.15, -0.1) is 0 Å². The van der Waals surface area contributed by atoms with Crippen molar-refractivity contribution < 1.29 is 9.90 Å². The van der Waals surface area contributed by atoms with Crippen LogP contribution in [0, 0.1) is 6.92 Å². The lowest BCUT2D eigenvalue weighted by Crippen LogP contribution is -2.01. The molecular formula is C12H10BrClN2O2S. The molecule has 1 N–H and O–H groups in total. The summed E-state index contributed by atoms with van der Waals surface area (Å²) < 4.78 is 2.69. The molecule has 0 radical (unpaired) electrons. The van der Waals surface area contributed by atoms with Crippen LogP contribution in [0.5, 0.6) is 0 Å². The Kier molecular flexibility index (Phi) is 4.54. The van der Waals surface area contributed by atoms with Crippen molar-refractivity contribution in [1.82, 2.24) is 9.55 Å². The Hall–Kier alpha value is -0.980. The van der Waals surface area contributed by atoms with E-state index in [1.54, 1.807) is 10.6 Å². The third-order valence-corrected chi connectivity index (χ3v) is 4.02. The molecule has 0 aliphatic heterocycles. The smallest absolute Gasteiger partial charge is 0.313 e. The number of carboxylic acids is 1. The molecule has 0 spiro atoms. The highest BCUT2D eigenvalue weighted by molar-refractivity contribution is 9.10. The molecule has 2 aromatic rings. The number of hydrogen-bond acceptors (Lipinski definition) is 3. The molecule has 0 saturated carbocycles. The first-order valence-electron chi connectivity index (χ1n) is 5.33. The van der Waals surface area contributed by atoms with Gasteiger partial charge in [0.05, 0.1) is 22.2 Å². The van der Waals surface area contributed by atoms with E-state index in [0.29, 0.717) is 10.2 Å². The van der Waals surface area contributed by atoms with Crippen molar-refractivity contribution >= 4 is 45.3 Å². The number of rotatable bonds is 4. The number of nitrogens with zero attached hydrogens (tertiary/aromatic N) is 2. The van der Waals surface area contributed by atoms with Crippen molar-refractivity contribution in [3.63, 3.8) is 0 Å². The Labute approximate surface area is 127 Å². The number of aromatic nitrogens is 2. The highest BCUT2D eigenvalue weighted by Gasteiger charge is 2.12. The summed E-state index contributed by atoms with van der Waals surface area (Å²) in [6.07, 6.45) is 1.83. The van der Waals surface area contributed by atoms with E-state index in [0.717, 1.165) is 15.9 Å². The molecule has 0 amide bonds. The zero-order valence-corrected chi connectivity index (χ0v) is 13.1. The summed E-state index contributed by atoms with van der Waals surface area (Å²) in [4.78, 5) is 15.0. The molecule has 0 fully saturated rings. The maximum atomic E-state index is 10.6. The van der Waals surface area contributed by atoms with E-state index < -0.39 is 5.97 Å². The molecule has 0 bridgehead atoms. The molecular weight excluding hydrogens is 352 g/mol. The average molecular weight is 362 g/mol. The Balaban J connectivity index is 2.40. The fourth-order valence-electron chi connectivity index (χ4n) is 1.55. The van der Waals surface area contributed by atoms with Crippen molar-refractivity contribution in [2.75, 3.05) is 5.75 Å². The molecule has 2 rings (SSSR count). The molecule has 100 valence electrons. The molecule has 19 heavy (non-hydrogen) atoms. The second kappa shape index (κ2) is 5.98.